The van der Waals surface area contributed by atoms with Gasteiger partial charge >= 0.3 is 0 Å². The standard InChI is InChI=1S/C12H25NO2S/c1-10(2)4-3-5-12(13)8-11-6-7-16(14,15)9-11/h10-12H,3-9,13H2,1-2H3. The van der Waals surface area contributed by atoms with Crippen molar-refractivity contribution in [3.63, 3.8) is 0 Å². The van der Waals surface area contributed by atoms with E-state index in [2.05, 4.69) is 13.8 Å². The molecular weight excluding hydrogens is 222 g/mol. The summed E-state index contributed by atoms with van der Waals surface area (Å²) in [6.45, 7) is 4.43. The lowest BCUT2D eigenvalue weighted by atomic mass is 9.95. The van der Waals surface area contributed by atoms with E-state index in [0.29, 0.717) is 17.4 Å². The van der Waals surface area contributed by atoms with Gasteiger partial charge in [0.05, 0.1) is 11.5 Å². The van der Waals surface area contributed by atoms with Gasteiger partial charge in [-0.2, -0.15) is 0 Å². The molecule has 0 bridgehead atoms. The Hall–Kier alpha value is -0.0900. The summed E-state index contributed by atoms with van der Waals surface area (Å²) in [5.41, 5.74) is 6.03. The molecule has 0 aliphatic carbocycles. The molecule has 0 amide bonds. The summed E-state index contributed by atoms with van der Waals surface area (Å²) in [6.07, 6.45) is 5.13. The van der Waals surface area contributed by atoms with Crippen LogP contribution in [0.2, 0.25) is 0 Å². The lowest BCUT2D eigenvalue weighted by Gasteiger charge is -2.15. The van der Waals surface area contributed by atoms with Crippen LogP contribution in [0.3, 0.4) is 0 Å². The van der Waals surface area contributed by atoms with Crippen LogP contribution < -0.4 is 5.73 Å². The number of rotatable bonds is 6. The van der Waals surface area contributed by atoms with Gasteiger partial charge in [0.1, 0.15) is 0 Å². The van der Waals surface area contributed by atoms with Crippen LogP contribution >= 0.6 is 0 Å². The smallest absolute Gasteiger partial charge is 0.150 e. The van der Waals surface area contributed by atoms with Crippen LogP contribution in [0.25, 0.3) is 0 Å². The van der Waals surface area contributed by atoms with Crippen LogP contribution in [0.15, 0.2) is 0 Å². The molecular formula is C12H25NO2S. The molecule has 3 nitrogen and oxygen atoms in total. The van der Waals surface area contributed by atoms with Gasteiger partial charge < -0.3 is 5.73 Å². The van der Waals surface area contributed by atoms with E-state index in [1.807, 2.05) is 0 Å². The van der Waals surface area contributed by atoms with Crippen molar-refractivity contribution in [1.29, 1.82) is 0 Å². The quantitative estimate of drug-likeness (QED) is 0.780. The Labute approximate surface area is 99.7 Å². The molecule has 0 aromatic heterocycles. The Bertz CT molecular complexity index is 298. The van der Waals surface area contributed by atoms with E-state index in [1.165, 1.54) is 6.42 Å². The minimum atomic E-state index is -2.73. The van der Waals surface area contributed by atoms with E-state index < -0.39 is 9.84 Å². The minimum Gasteiger partial charge on any atom is -0.328 e. The molecule has 2 unspecified atom stereocenters. The SMILES string of the molecule is CC(C)CCCC(N)CC1CCS(=O)(=O)C1. The average molecular weight is 247 g/mol. The monoisotopic (exact) mass is 247 g/mol. The zero-order valence-electron chi connectivity index (χ0n) is 10.5. The second-order valence-corrected chi connectivity index (χ2v) is 7.82. The highest BCUT2D eigenvalue weighted by atomic mass is 32.2. The van der Waals surface area contributed by atoms with Crippen molar-refractivity contribution in [2.75, 3.05) is 11.5 Å². The summed E-state index contributed by atoms with van der Waals surface area (Å²) >= 11 is 0. The summed E-state index contributed by atoms with van der Waals surface area (Å²) in [5, 5.41) is 0. The summed E-state index contributed by atoms with van der Waals surface area (Å²) in [5.74, 6) is 1.79. The van der Waals surface area contributed by atoms with Crippen molar-refractivity contribution in [3.05, 3.63) is 0 Å². The van der Waals surface area contributed by atoms with Crippen molar-refractivity contribution >= 4 is 9.84 Å². The molecule has 0 saturated carbocycles. The molecule has 2 atom stereocenters. The molecule has 1 aliphatic heterocycles. The molecule has 0 aromatic rings. The van der Waals surface area contributed by atoms with Crippen molar-refractivity contribution in [1.82, 2.24) is 0 Å². The van der Waals surface area contributed by atoms with Gasteiger partial charge in [-0.05, 0) is 31.1 Å². The summed E-state index contributed by atoms with van der Waals surface area (Å²) in [6, 6.07) is 0.192. The van der Waals surface area contributed by atoms with Crippen LogP contribution in [0.4, 0.5) is 0 Å². The fraction of sp³-hybridized carbons (Fsp3) is 1.00. The van der Waals surface area contributed by atoms with Crippen molar-refractivity contribution in [2.45, 2.75) is 52.0 Å². The average Bonchev–Trinajstić information content (AvgIpc) is 2.44. The predicted molar refractivity (Wildman–Crippen MR) is 68.0 cm³/mol. The third-order valence-electron chi connectivity index (χ3n) is 3.32. The van der Waals surface area contributed by atoms with Gasteiger partial charge in [0.15, 0.2) is 9.84 Å². The topological polar surface area (TPSA) is 60.2 Å². The first kappa shape index (κ1) is 14.0. The maximum atomic E-state index is 11.3. The lowest BCUT2D eigenvalue weighted by molar-refractivity contribution is 0.425. The highest BCUT2D eigenvalue weighted by Gasteiger charge is 2.28. The summed E-state index contributed by atoms with van der Waals surface area (Å²) in [7, 11) is -2.73. The van der Waals surface area contributed by atoms with E-state index in [-0.39, 0.29) is 6.04 Å². The molecule has 2 N–H and O–H groups in total. The number of nitrogens with two attached hydrogens (primary N) is 1. The van der Waals surface area contributed by atoms with Gasteiger partial charge in [0, 0.05) is 6.04 Å². The van der Waals surface area contributed by atoms with Crippen LogP contribution in [0.5, 0.6) is 0 Å². The fourth-order valence-corrected chi connectivity index (χ4v) is 4.27. The maximum absolute atomic E-state index is 11.3. The molecule has 0 radical (unpaired) electrons. The number of sulfone groups is 1. The normalized spacial score (nSPS) is 26.1. The molecule has 1 heterocycles. The Kier molecular flexibility index (Phi) is 5.25. The molecule has 4 heteroatoms. The van der Waals surface area contributed by atoms with Crippen molar-refractivity contribution < 1.29 is 8.42 Å². The van der Waals surface area contributed by atoms with Gasteiger partial charge in [0.2, 0.25) is 0 Å². The highest BCUT2D eigenvalue weighted by Crippen LogP contribution is 2.23. The predicted octanol–water partition coefficient (Wildman–Crippen LogP) is 1.96. The molecule has 1 saturated heterocycles. The van der Waals surface area contributed by atoms with Crippen LogP contribution in [0, 0.1) is 11.8 Å². The first-order chi connectivity index (χ1) is 7.39. The summed E-state index contributed by atoms with van der Waals surface area (Å²) in [4.78, 5) is 0. The Balaban J connectivity index is 2.17. The van der Waals surface area contributed by atoms with Gasteiger partial charge in [0.25, 0.3) is 0 Å². The van der Waals surface area contributed by atoms with E-state index in [4.69, 9.17) is 5.73 Å². The zero-order chi connectivity index (χ0) is 12.2. The van der Waals surface area contributed by atoms with Gasteiger partial charge in [-0.3, -0.25) is 0 Å². The van der Waals surface area contributed by atoms with Crippen LogP contribution in [0.1, 0.15) is 46.0 Å². The lowest BCUT2D eigenvalue weighted by Crippen LogP contribution is -2.24. The second-order valence-electron chi connectivity index (χ2n) is 5.59. The van der Waals surface area contributed by atoms with E-state index in [0.717, 1.165) is 31.6 Å². The third-order valence-corrected chi connectivity index (χ3v) is 5.16. The van der Waals surface area contributed by atoms with Gasteiger partial charge in [-0.25, -0.2) is 8.42 Å². The van der Waals surface area contributed by atoms with Gasteiger partial charge in [-0.1, -0.05) is 26.7 Å². The zero-order valence-corrected chi connectivity index (χ0v) is 11.3. The maximum Gasteiger partial charge on any atom is 0.150 e. The van der Waals surface area contributed by atoms with E-state index in [1.54, 1.807) is 0 Å². The Morgan fingerprint density at radius 3 is 2.50 bits per heavy atom. The van der Waals surface area contributed by atoms with Crippen LogP contribution in [-0.2, 0) is 9.84 Å². The molecule has 0 spiro atoms. The first-order valence-electron chi connectivity index (χ1n) is 6.35. The Morgan fingerprint density at radius 2 is 2.00 bits per heavy atom. The fourth-order valence-electron chi connectivity index (χ4n) is 2.39. The largest absolute Gasteiger partial charge is 0.328 e. The molecule has 1 rings (SSSR count). The van der Waals surface area contributed by atoms with E-state index in [9.17, 15) is 8.42 Å². The van der Waals surface area contributed by atoms with Crippen molar-refractivity contribution in [3.8, 4) is 0 Å². The highest BCUT2D eigenvalue weighted by molar-refractivity contribution is 7.91. The van der Waals surface area contributed by atoms with Gasteiger partial charge in [-0.15, -0.1) is 0 Å². The minimum absolute atomic E-state index is 0.192. The van der Waals surface area contributed by atoms with E-state index >= 15 is 0 Å². The third kappa shape index (κ3) is 5.30. The second kappa shape index (κ2) is 6.01. The molecule has 96 valence electrons. The first-order valence-corrected chi connectivity index (χ1v) is 8.17. The molecule has 1 aliphatic rings. The molecule has 1 fully saturated rings. The Morgan fingerprint density at radius 1 is 1.31 bits per heavy atom. The number of hydrogen-bond donors (Lipinski definition) is 1. The number of hydrogen-bond acceptors (Lipinski definition) is 3. The van der Waals surface area contributed by atoms with Crippen LogP contribution in [-0.4, -0.2) is 26.0 Å². The molecule has 0 aromatic carbocycles. The van der Waals surface area contributed by atoms with Crippen molar-refractivity contribution in [2.24, 2.45) is 17.6 Å². The summed E-state index contributed by atoms with van der Waals surface area (Å²) < 4.78 is 22.6. The molecule has 16 heavy (non-hydrogen) atoms.